The lowest BCUT2D eigenvalue weighted by molar-refractivity contribution is 0.479. The van der Waals surface area contributed by atoms with Gasteiger partial charge in [0.05, 0.1) is 28.9 Å². The summed E-state index contributed by atoms with van der Waals surface area (Å²) in [5, 5.41) is 14.0. The zero-order valence-electron chi connectivity index (χ0n) is 48.7. The van der Waals surface area contributed by atoms with Crippen molar-refractivity contribution in [3.8, 4) is 67.1 Å². The van der Waals surface area contributed by atoms with E-state index in [9.17, 15) is 10.6 Å². The maximum atomic E-state index is 12.2. The molecule has 67 heavy (non-hydrogen) atoms. The molecular formula is C64H44N2O. The Morgan fingerprint density at radius 3 is 1.46 bits per heavy atom. The Balaban J connectivity index is 0.995. The summed E-state index contributed by atoms with van der Waals surface area (Å²) in [4.78, 5) is 1.61. The van der Waals surface area contributed by atoms with Gasteiger partial charge < -0.3 is 14.6 Å². The van der Waals surface area contributed by atoms with E-state index in [0.29, 0.717) is 11.4 Å². The molecule has 0 amide bonds. The molecular weight excluding hydrogens is 813 g/mol. The van der Waals surface area contributed by atoms with Crippen LogP contribution in [0.2, 0.25) is 0 Å². The Bertz CT molecular complexity index is 4430. The largest absolute Gasteiger partial charge is 0.507 e. The number of phenolic OH excluding ortho intramolecular Hbond substituents is 1. The Morgan fingerprint density at radius 2 is 0.836 bits per heavy atom. The standard InChI is InChI=1S/C64H44N2O/c67-64-58(20-11-21-59(64)53-29-28-45-14-4-5-15-51(45)42-53)50-34-40-56(41-35-50)65(54-36-30-48(31-37-54)47-26-24-46(25-27-47)44-12-2-1-3-13-44)55-38-32-49(33-39-55)52-16-10-17-57(43-52)66-62-22-8-6-18-60(62)61-19-7-9-23-63(61)66/h1-43,67H/i4D,5D,11D,14D,15D,20D,21D,28D,29D,34D,35D,40D,41D. The van der Waals surface area contributed by atoms with Gasteiger partial charge in [0.2, 0.25) is 0 Å². The smallest absolute Gasteiger partial charge is 0.131 e. The van der Waals surface area contributed by atoms with E-state index in [2.05, 4.69) is 41.0 Å². The second-order valence-corrected chi connectivity index (χ2v) is 16.1. The summed E-state index contributed by atoms with van der Waals surface area (Å²) >= 11 is 0. The first-order valence-electron chi connectivity index (χ1n) is 28.2. The molecule has 1 heterocycles. The van der Waals surface area contributed by atoms with E-state index in [1.165, 1.54) is 0 Å². The van der Waals surface area contributed by atoms with Crippen molar-refractivity contribution in [3.63, 3.8) is 0 Å². The van der Waals surface area contributed by atoms with Gasteiger partial charge in [0.15, 0.2) is 0 Å². The van der Waals surface area contributed by atoms with E-state index < -0.39 is 101 Å². The zero-order valence-corrected chi connectivity index (χ0v) is 35.7. The van der Waals surface area contributed by atoms with Gasteiger partial charge in [-0.15, -0.1) is 0 Å². The normalized spacial score (nSPS) is 14.1. The topological polar surface area (TPSA) is 28.4 Å². The van der Waals surface area contributed by atoms with Crippen molar-refractivity contribution in [1.29, 1.82) is 0 Å². The second-order valence-electron chi connectivity index (χ2n) is 16.1. The molecule has 316 valence electrons. The molecule has 12 aromatic rings. The molecule has 0 aliphatic carbocycles. The third-order valence-electron chi connectivity index (χ3n) is 12.1. The monoisotopic (exact) mass is 869 g/mol. The highest BCUT2D eigenvalue weighted by atomic mass is 16.3. The number of phenols is 1. The van der Waals surface area contributed by atoms with Gasteiger partial charge in [-0.05, 0) is 122 Å². The highest BCUT2D eigenvalue weighted by molar-refractivity contribution is 6.09. The summed E-state index contributed by atoms with van der Waals surface area (Å²) in [6.07, 6.45) is 0. The summed E-state index contributed by atoms with van der Waals surface area (Å²) in [7, 11) is 0. The molecule has 0 radical (unpaired) electrons. The van der Waals surface area contributed by atoms with Crippen LogP contribution in [-0.2, 0) is 0 Å². The molecule has 0 aliphatic rings. The van der Waals surface area contributed by atoms with Gasteiger partial charge in [0.25, 0.3) is 0 Å². The number of fused-ring (bicyclic) bond motifs is 4. The molecule has 0 saturated heterocycles. The lowest BCUT2D eigenvalue weighted by atomic mass is 9.95. The molecule has 3 nitrogen and oxygen atoms in total. The van der Waals surface area contributed by atoms with Crippen LogP contribution < -0.4 is 4.90 Å². The van der Waals surface area contributed by atoms with Gasteiger partial charge in [0, 0.05) is 44.6 Å². The average molecular weight is 870 g/mol. The molecule has 1 N–H and O–H groups in total. The predicted molar refractivity (Wildman–Crippen MR) is 282 cm³/mol. The van der Waals surface area contributed by atoms with Crippen LogP contribution in [0.4, 0.5) is 17.1 Å². The zero-order chi connectivity index (χ0) is 56.0. The summed E-state index contributed by atoms with van der Waals surface area (Å²) in [5.41, 5.74) is 7.47. The number of para-hydroxylation sites is 3. The van der Waals surface area contributed by atoms with Crippen LogP contribution in [0, 0.1) is 0 Å². The summed E-state index contributed by atoms with van der Waals surface area (Å²) in [6, 6.07) is 50.5. The van der Waals surface area contributed by atoms with Gasteiger partial charge in [-0.3, -0.25) is 0 Å². The van der Waals surface area contributed by atoms with E-state index in [0.717, 1.165) is 66.9 Å². The second kappa shape index (κ2) is 16.9. The molecule has 0 bridgehead atoms. The summed E-state index contributed by atoms with van der Waals surface area (Å²) < 4.78 is 119. The fourth-order valence-corrected chi connectivity index (χ4v) is 8.82. The number of aromatic hydroxyl groups is 1. The molecule has 0 spiro atoms. The predicted octanol–water partition coefficient (Wildman–Crippen LogP) is 17.4. The minimum absolute atomic E-state index is 0.171. The van der Waals surface area contributed by atoms with Gasteiger partial charge in [-0.2, -0.15) is 0 Å². The first-order chi connectivity index (χ1) is 38.5. The maximum Gasteiger partial charge on any atom is 0.131 e. The first kappa shape index (κ1) is 28.1. The average Bonchev–Trinajstić information content (AvgIpc) is 3.97. The van der Waals surface area contributed by atoms with Crippen LogP contribution >= 0.6 is 0 Å². The van der Waals surface area contributed by atoms with Crippen LogP contribution in [-0.4, -0.2) is 9.67 Å². The molecule has 0 saturated carbocycles. The maximum absolute atomic E-state index is 12.2. The lowest BCUT2D eigenvalue weighted by Crippen LogP contribution is -2.09. The van der Waals surface area contributed by atoms with Crippen LogP contribution in [0.25, 0.3) is 93.9 Å². The lowest BCUT2D eigenvalue weighted by Gasteiger charge is -2.26. The fraction of sp³-hybridized carbons (Fsp3) is 0. The van der Waals surface area contributed by atoms with Crippen molar-refractivity contribution in [3.05, 3.63) is 261 Å². The third kappa shape index (κ3) is 7.39. The van der Waals surface area contributed by atoms with Crippen LogP contribution in [0.3, 0.4) is 0 Å². The number of benzene rings is 11. The number of nitrogens with zero attached hydrogens (tertiary/aromatic N) is 2. The highest BCUT2D eigenvalue weighted by Crippen LogP contribution is 2.42. The van der Waals surface area contributed by atoms with Crippen molar-refractivity contribution in [2.75, 3.05) is 4.90 Å². The number of hydrogen-bond acceptors (Lipinski definition) is 2. The molecule has 0 unspecified atom stereocenters. The Hall–Kier alpha value is -8.92. The molecule has 0 fully saturated rings. The Kier molecular flexibility index (Phi) is 7.08. The molecule has 1 aromatic heterocycles. The Labute approximate surface area is 408 Å². The van der Waals surface area contributed by atoms with Crippen molar-refractivity contribution in [2.24, 2.45) is 0 Å². The summed E-state index contributed by atoms with van der Waals surface area (Å²) in [6.45, 7) is 0. The minimum Gasteiger partial charge on any atom is -0.507 e. The number of aromatic nitrogens is 1. The molecule has 0 aliphatic heterocycles. The van der Waals surface area contributed by atoms with Crippen molar-refractivity contribution < 1.29 is 22.9 Å². The molecule has 0 atom stereocenters. The molecule has 12 rings (SSSR count). The van der Waals surface area contributed by atoms with E-state index >= 15 is 0 Å². The van der Waals surface area contributed by atoms with Crippen LogP contribution in [0.15, 0.2) is 261 Å². The number of anilines is 3. The number of hydrogen-bond donors (Lipinski definition) is 1. The number of rotatable bonds is 9. The van der Waals surface area contributed by atoms with Crippen LogP contribution in [0.1, 0.15) is 17.8 Å². The van der Waals surface area contributed by atoms with Crippen molar-refractivity contribution in [1.82, 2.24) is 4.57 Å². The van der Waals surface area contributed by atoms with E-state index in [4.69, 9.17) is 12.3 Å². The minimum atomic E-state index is -0.945. The molecule has 11 aromatic carbocycles. The van der Waals surface area contributed by atoms with Gasteiger partial charge in [0.1, 0.15) is 5.75 Å². The quantitative estimate of drug-likeness (QED) is 0.157. The molecule has 3 heteroatoms. The first-order valence-corrected chi connectivity index (χ1v) is 21.7. The third-order valence-corrected chi connectivity index (χ3v) is 12.1. The van der Waals surface area contributed by atoms with Crippen molar-refractivity contribution >= 4 is 49.6 Å². The van der Waals surface area contributed by atoms with Gasteiger partial charge in [-0.25, -0.2) is 0 Å². The van der Waals surface area contributed by atoms with Gasteiger partial charge in [-0.1, -0.05) is 194 Å². The summed E-state index contributed by atoms with van der Waals surface area (Å²) in [5.74, 6) is -0.945. The SMILES string of the molecule is [2H]c1c([2H])c(-c2cc3c([2H])c([2H])c([2H])c([2H])c3c([2H])c2[2H])c(O)c(-c2c([2H])c([2H])c(N(c3ccc(-c4ccc(-c5ccccc5)cc4)cc3)c3ccc(-c4cccc(-n5c6ccccc6c6ccccc65)c4)cc3)c([2H])c2[2H])c1[2H]. The van der Waals surface area contributed by atoms with Crippen LogP contribution in [0.5, 0.6) is 5.75 Å². The van der Waals surface area contributed by atoms with E-state index in [1.54, 1.807) is 4.90 Å². The fourth-order valence-electron chi connectivity index (χ4n) is 8.82. The highest BCUT2D eigenvalue weighted by Gasteiger charge is 2.17. The van der Waals surface area contributed by atoms with E-state index in [-0.39, 0.29) is 22.0 Å². The van der Waals surface area contributed by atoms with E-state index in [1.807, 2.05) is 140 Å². The van der Waals surface area contributed by atoms with Gasteiger partial charge >= 0.3 is 0 Å². The Morgan fingerprint density at radius 1 is 0.343 bits per heavy atom. The van der Waals surface area contributed by atoms with Crippen molar-refractivity contribution in [2.45, 2.75) is 0 Å².